The Morgan fingerprint density at radius 2 is 1.00 bits per heavy atom. The van der Waals surface area contributed by atoms with Gasteiger partial charge in [-0.05, 0) is 0 Å². The Bertz CT molecular complexity index is 25.7. The predicted molar refractivity (Wildman–Crippen MR) is 38.1 cm³/mol. The summed E-state index contributed by atoms with van der Waals surface area (Å²) in [6.07, 6.45) is 0. The first-order valence-corrected chi connectivity index (χ1v) is 2.12. The first kappa shape index (κ1) is 7.36. The molecule has 3 N–H and O–H groups in total. The van der Waals surface area contributed by atoms with E-state index in [1.165, 1.54) is 0 Å². The number of hydrogen-bond donors (Lipinski definition) is 3. The van der Waals surface area contributed by atoms with Crippen molar-refractivity contribution >= 4 is 35.1 Å². The van der Waals surface area contributed by atoms with Crippen molar-refractivity contribution in [1.82, 2.24) is 15.4 Å². The van der Waals surface area contributed by atoms with Crippen molar-refractivity contribution in [2.45, 2.75) is 0 Å². The van der Waals surface area contributed by atoms with Gasteiger partial charge in [0, 0.05) is 0 Å². The summed E-state index contributed by atoms with van der Waals surface area (Å²) in [6.45, 7) is 0. The fourth-order valence-electron chi connectivity index (χ4n) is 0.453. The summed E-state index contributed by atoms with van der Waals surface area (Å²) in [7, 11) is 2.81. The van der Waals surface area contributed by atoms with Crippen molar-refractivity contribution in [2.24, 2.45) is 0 Å². The van der Waals surface area contributed by atoms with Gasteiger partial charge < -0.3 is 15.4 Å². The monoisotopic (exact) mass is 117 g/mol. The van der Waals surface area contributed by atoms with Crippen molar-refractivity contribution < 1.29 is 0 Å². The average Bonchev–Trinajstić information content (AvgIpc) is 1.72. The lowest BCUT2D eigenvalue weighted by Gasteiger charge is -2.08. The van der Waals surface area contributed by atoms with Crippen LogP contribution in [0.5, 0.6) is 0 Å². The maximum absolute atomic E-state index is 3.06. The lowest BCUT2D eigenvalue weighted by molar-refractivity contribution is 1.28. The minimum Gasteiger partial charge on any atom is -0.378 e. The van der Waals surface area contributed by atoms with Crippen molar-refractivity contribution in [2.75, 3.05) is 0 Å². The second kappa shape index (κ2) is 4.52. The highest BCUT2D eigenvalue weighted by atomic mass is 35.5. The molecule has 0 amide bonds. The van der Waals surface area contributed by atoms with Crippen LogP contribution in [-0.2, 0) is 0 Å². The zero-order valence-electron chi connectivity index (χ0n) is 4.03. The molecule has 1 rings (SSSR count). The van der Waals surface area contributed by atoms with E-state index in [1.807, 2.05) is 0 Å². The van der Waals surface area contributed by atoms with Crippen molar-refractivity contribution in [1.29, 1.82) is 0 Å². The van der Waals surface area contributed by atoms with Crippen molar-refractivity contribution in [3.8, 4) is 0 Å². The first-order valence-electron chi connectivity index (χ1n) is 2.12. The summed E-state index contributed by atoms with van der Waals surface area (Å²) in [6, 6.07) is 0. The summed E-state index contributed by atoms with van der Waals surface area (Å²) < 4.78 is 0. The van der Waals surface area contributed by atoms with Gasteiger partial charge in [-0.25, -0.2) is 0 Å². The van der Waals surface area contributed by atoms with E-state index in [9.17, 15) is 0 Å². The topological polar surface area (TPSA) is 36.1 Å². The highest BCUT2D eigenvalue weighted by Crippen LogP contribution is 1.46. The van der Waals surface area contributed by atoms with Crippen molar-refractivity contribution in [3.63, 3.8) is 0 Å². The molecule has 1 fully saturated rings. The lowest BCUT2D eigenvalue weighted by Crippen LogP contribution is -2.55. The third kappa shape index (κ3) is 2.99. The van der Waals surface area contributed by atoms with E-state index in [0.717, 1.165) is 22.6 Å². The normalized spacial score (nSPS) is 17.1. The Morgan fingerprint density at radius 1 is 0.714 bits per heavy atom. The third-order valence-corrected chi connectivity index (χ3v) is 0.750. The molecule has 0 radical (unpaired) electrons. The van der Waals surface area contributed by atoms with Crippen LogP contribution in [-0.4, -0.2) is 22.6 Å². The van der Waals surface area contributed by atoms with Gasteiger partial charge in [-0.15, -0.1) is 12.4 Å². The molecule has 1 saturated heterocycles. The van der Waals surface area contributed by atoms with E-state index in [1.54, 1.807) is 0 Å². The van der Waals surface area contributed by atoms with Gasteiger partial charge in [-0.2, -0.15) is 0 Å². The Balaban J connectivity index is 0.000000360. The fourth-order valence-corrected chi connectivity index (χ4v) is 0.453. The molecule has 0 saturated carbocycles. The quantitative estimate of drug-likeness (QED) is 0.296. The van der Waals surface area contributed by atoms with Crippen LogP contribution in [0.2, 0.25) is 0 Å². The number of hydrogen-bond acceptors (Lipinski definition) is 3. The molecule has 0 spiro atoms. The minimum absolute atomic E-state index is 0. The predicted octanol–water partition coefficient (Wildman–Crippen LogP) is -3.01. The molecule has 38 valence electrons. The van der Waals surface area contributed by atoms with E-state index >= 15 is 0 Å². The Kier molecular flexibility index (Phi) is 4.76. The number of halogens is 1. The average molecular weight is 117 g/mol. The van der Waals surface area contributed by atoms with Crippen molar-refractivity contribution in [3.05, 3.63) is 0 Å². The SMILES string of the molecule is B1NBNBN1.Cl. The maximum Gasteiger partial charge on any atom is 0.265 e. The largest absolute Gasteiger partial charge is 0.378 e. The molecule has 1 heterocycles. The standard InChI is InChI=1S/B3H6N3.ClH/c1-4-2-6-3-5-1;/h1-6H;1H. The molecular weight excluding hydrogens is 110 g/mol. The smallest absolute Gasteiger partial charge is 0.265 e. The van der Waals surface area contributed by atoms with Crippen LogP contribution < -0.4 is 15.4 Å². The molecular formula is H7B3ClN3. The minimum atomic E-state index is 0. The molecule has 7 heavy (non-hydrogen) atoms. The van der Waals surface area contributed by atoms with Gasteiger partial charge in [-0.1, -0.05) is 0 Å². The Hall–Kier alpha value is 0.365. The number of rotatable bonds is 0. The molecule has 0 aromatic heterocycles. The van der Waals surface area contributed by atoms with Gasteiger partial charge in [0.05, 0.1) is 0 Å². The molecule has 0 aromatic rings. The Morgan fingerprint density at radius 3 is 1.14 bits per heavy atom. The molecule has 7 heteroatoms. The molecule has 0 unspecified atom stereocenters. The van der Waals surface area contributed by atoms with Gasteiger partial charge in [0.1, 0.15) is 0 Å². The van der Waals surface area contributed by atoms with Gasteiger partial charge in [0.15, 0.2) is 0 Å². The molecule has 0 atom stereocenters. The van der Waals surface area contributed by atoms with E-state index in [0.29, 0.717) is 0 Å². The van der Waals surface area contributed by atoms with Crippen LogP contribution >= 0.6 is 12.4 Å². The van der Waals surface area contributed by atoms with E-state index < -0.39 is 0 Å². The molecule has 0 aliphatic carbocycles. The van der Waals surface area contributed by atoms with Crippen LogP contribution in [0.4, 0.5) is 0 Å². The maximum atomic E-state index is 3.06. The van der Waals surface area contributed by atoms with Crippen LogP contribution in [0.1, 0.15) is 0 Å². The third-order valence-electron chi connectivity index (χ3n) is 0.750. The highest BCUT2D eigenvalue weighted by molar-refractivity contribution is 6.65. The fraction of sp³-hybridized carbons (Fsp3) is 0. The van der Waals surface area contributed by atoms with E-state index in [-0.39, 0.29) is 12.4 Å². The first-order chi connectivity index (χ1) is 3.00. The molecule has 0 bridgehead atoms. The van der Waals surface area contributed by atoms with E-state index in [2.05, 4.69) is 15.4 Å². The van der Waals surface area contributed by atoms with Crippen LogP contribution in [0.25, 0.3) is 0 Å². The number of nitrogens with one attached hydrogen (secondary N) is 3. The zero-order valence-corrected chi connectivity index (χ0v) is 4.85. The Labute approximate surface area is 51.3 Å². The summed E-state index contributed by atoms with van der Waals surface area (Å²) in [5.41, 5.74) is 0. The molecule has 1 aliphatic rings. The lowest BCUT2D eigenvalue weighted by atomic mass is 9.85. The summed E-state index contributed by atoms with van der Waals surface area (Å²) >= 11 is 0. The van der Waals surface area contributed by atoms with Gasteiger partial charge in [0.25, 0.3) is 22.6 Å². The molecule has 3 nitrogen and oxygen atoms in total. The van der Waals surface area contributed by atoms with Gasteiger partial charge in [-0.3, -0.25) is 0 Å². The van der Waals surface area contributed by atoms with Crippen LogP contribution in [0.3, 0.4) is 0 Å². The van der Waals surface area contributed by atoms with Crippen LogP contribution in [0, 0.1) is 0 Å². The summed E-state index contributed by atoms with van der Waals surface area (Å²) in [5.74, 6) is 0. The second-order valence-corrected chi connectivity index (χ2v) is 1.28. The van der Waals surface area contributed by atoms with Gasteiger partial charge >= 0.3 is 0 Å². The second-order valence-electron chi connectivity index (χ2n) is 1.28. The summed E-state index contributed by atoms with van der Waals surface area (Å²) in [5, 5.41) is 9.19. The zero-order chi connectivity index (χ0) is 4.24. The van der Waals surface area contributed by atoms with E-state index in [4.69, 9.17) is 0 Å². The van der Waals surface area contributed by atoms with Gasteiger partial charge in [0.2, 0.25) is 0 Å². The molecule has 0 aromatic carbocycles. The van der Waals surface area contributed by atoms with Crippen LogP contribution in [0.15, 0.2) is 0 Å². The highest BCUT2D eigenvalue weighted by Gasteiger charge is 1.97. The molecule has 1 aliphatic heterocycles. The summed E-state index contributed by atoms with van der Waals surface area (Å²) in [4.78, 5) is 0.